The highest BCUT2D eigenvalue weighted by Crippen LogP contribution is 2.07. The molecule has 0 aliphatic rings. The number of carboxylic acid groups (broad SMARTS) is 1. The predicted molar refractivity (Wildman–Crippen MR) is 58.2 cm³/mol. The SMILES string of the molecule is CC(=O)Nc1c(C(=O)O)c(=O)n(C)c(=O)n1C. The quantitative estimate of drug-likeness (QED) is 0.671. The van der Waals surface area contributed by atoms with Crippen LogP contribution in [0.25, 0.3) is 0 Å². The molecule has 1 aromatic rings. The summed E-state index contributed by atoms with van der Waals surface area (Å²) in [6, 6.07) is 0. The van der Waals surface area contributed by atoms with Gasteiger partial charge in [0.2, 0.25) is 5.91 Å². The number of carbonyl (C=O) groups is 2. The Morgan fingerprint density at radius 2 is 1.71 bits per heavy atom. The van der Waals surface area contributed by atoms with Crippen molar-refractivity contribution in [2.75, 3.05) is 5.32 Å². The summed E-state index contributed by atoms with van der Waals surface area (Å²) in [7, 11) is 2.42. The number of nitrogens with zero attached hydrogens (tertiary/aromatic N) is 2. The zero-order chi connectivity index (χ0) is 13.3. The first-order chi connectivity index (χ1) is 7.77. The molecule has 1 amide bonds. The van der Waals surface area contributed by atoms with E-state index in [0.717, 1.165) is 18.5 Å². The van der Waals surface area contributed by atoms with Crippen molar-refractivity contribution in [2.45, 2.75) is 6.92 Å². The van der Waals surface area contributed by atoms with E-state index in [2.05, 4.69) is 5.32 Å². The zero-order valence-electron chi connectivity index (χ0n) is 9.47. The van der Waals surface area contributed by atoms with Crippen LogP contribution in [0.1, 0.15) is 17.3 Å². The lowest BCUT2D eigenvalue weighted by atomic mass is 10.3. The molecule has 1 heterocycles. The second-order valence-electron chi connectivity index (χ2n) is 3.42. The molecule has 0 saturated carbocycles. The van der Waals surface area contributed by atoms with Gasteiger partial charge in [-0.2, -0.15) is 0 Å². The molecule has 0 aliphatic carbocycles. The van der Waals surface area contributed by atoms with Crippen molar-refractivity contribution in [3.8, 4) is 0 Å². The fraction of sp³-hybridized carbons (Fsp3) is 0.333. The normalized spacial score (nSPS) is 10.1. The van der Waals surface area contributed by atoms with Crippen LogP contribution >= 0.6 is 0 Å². The van der Waals surface area contributed by atoms with Gasteiger partial charge in [-0.15, -0.1) is 0 Å². The van der Waals surface area contributed by atoms with Crippen molar-refractivity contribution < 1.29 is 14.7 Å². The third kappa shape index (κ3) is 2.10. The number of amides is 1. The molecule has 17 heavy (non-hydrogen) atoms. The maximum Gasteiger partial charge on any atom is 0.345 e. The molecule has 92 valence electrons. The molecule has 8 nitrogen and oxygen atoms in total. The summed E-state index contributed by atoms with van der Waals surface area (Å²) in [5.74, 6) is -2.40. The van der Waals surface area contributed by atoms with Crippen LogP contribution in [-0.2, 0) is 18.9 Å². The number of nitrogens with one attached hydrogen (secondary N) is 1. The third-order valence-electron chi connectivity index (χ3n) is 2.17. The molecule has 1 rings (SSSR count). The topological polar surface area (TPSA) is 110 Å². The van der Waals surface area contributed by atoms with Gasteiger partial charge in [-0.3, -0.25) is 18.7 Å². The van der Waals surface area contributed by atoms with Gasteiger partial charge in [-0.1, -0.05) is 0 Å². The first-order valence-corrected chi connectivity index (χ1v) is 4.58. The van der Waals surface area contributed by atoms with E-state index < -0.39 is 28.7 Å². The molecule has 0 saturated heterocycles. The highest BCUT2D eigenvalue weighted by molar-refractivity contribution is 5.98. The van der Waals surface area contributed by atoms with Gasteiger partial charge in [-0.25, -0.2) is 9.59 Å². The molecule has 0 unspecified atom stereocenters. The highest BCUT2D eigenvalue weighted by atomic mass is 16.4. The van der Waals surface area contributed by atoms with Gasteiger partial charge in [0.15, 0.2) is 5.56 Å². The van der Waals surface area contributed by atoms with Crippen molar-refractivity contribution in [3.63, 3.8) is 0 Å². The Labute approximate surface area is 95.1 Å². The van der Waals surface area contributed by atoms with Crippen molar-refractivity contribution in [3.05, 3.63) is 26.4 Å². The third-order valence-corrected chi connectivity index (χ3v) is 2.17. The van der Waals surface area contributed by atoms with Crippen LogP contribution in [-0.4, -0.2) is 26.1 Å². The number of anilines is 1. The van der Waals surface area contributed by atoms with E-state index in [-0.39, 0.29) is 5.82 Å². The largest absolute Gasteiger partial charge is 0.477 e. The van der Waals surface area contributed by atoms with Crippen LogP contribution in [0, 0.1) is 0 Å². The van der Waals surface area contributed by atoms with Crippen molar-refractivity contribution in [1.29, 1.82) is 0 Å². The van der Waals surface area contributed by atoms with Gasteiger partial charge in [0, 0.05) is 21.0 Å². The molecule has 2 N–H and O–H groups in total. The second-order valence-corrected chi connectivity index (χ2v) is 3.42. The van der Waals surface area contributed by atoms with Gasteiger partial charge in [0.25, 0.3) is 5.56 Å². The Kier molecular flexibility index (Phi) is 3.16. The molecule has 0 atom stereocenters. The maximum atomic E-state index is 11.6. The minimum absolute atomic E-state index is 0.321. The van der Waals surface area contributed by atoms with Crippen molar-refractivity contribution >= 4 is 17.7 Å². The molecule has 0 radical (unpaired) electrons. The van der Waals surface area contributed by atoms with E-state index >= 15 is 0 Å². The van der Waals surface area contributed by atoms with Gasteiger partial charge in [0.1, 0.15) is 5.82 Å². The van der Waals surface area contributed by atoms with Crippen LogP contribution < -0.4 is 16.6 Å². The van der Waals surface area contributed by atoms with E-state index in [4.69, 9.17) is 5.11 Å². The molecule has 0 spiro atoms. The lowest BCUT2D eigenvalue weighted by molar-refractivity contribution is -0.114. The first kappa shape index (κ1) is 12.7. The zero-order valence-corrected chi connectivity index (χ0v) is 9.47. The number of carboxylic acids is 1. The number of hydrogen-bond acceptors (Lipinski definition) is 4. The number of aromatic carboxylic acids is 1. The van der Waals surface area contributed by atoms with Crippen molar-refractivity contribution in [2.24, 2.45) is 14.1 Å². The Bertz CT molecular complexity index is 610. The van der Waals surface area contributed by atoms with Crippen LogP contribution in [0.2, 0.25) is 0 Å². The summed E-state index contributed by atoms with van der Waals surface area (Å²) in [5.41, 5.74) is -2.34. The number of hydrogen-bond donors (Lipinski definition) is 2. The van der Waals surface area contributed by atoms with Gasteiger partial charge >= 0.3 is 11.7 Å². The first-order valence-electron chi connectivity index (χ1n) is 4.58. The second kappa shape index (κ2) is 4.24. The monoisotopic (exact) mass is 241 g/mol. The minimum Gasteiger partial charge on any atom is -0.477 e. The summed E-state index contributed by atoms with van der Waals surface area (Å²) in [6.07, 6.45) is 0. The predicted octanol–water partition coefficient (Wildman–Crippen LogP) is -1.26. The van der Waals surface area contributed by atoms with Gasteiger partial charge < -0.3 is 10.4 Å². The fourth-order valence-corrected chi connectivity index (χ4v) is 1.35. The molecular formula is C9H11N3O5. The summed E-state index contributed by atoms with van der Waals surface area (Å²) in [4.78, 5) is 45.0. The molecule has 0 aromatic carbocycles. The summed E-state index contributed by atoms with van der Waals surface area (Å²) in [5, 5.41) is 11.1. The number of rotatable bonds is 2. The van der Waals surface area contributed by atoms with E-state index in [1.54, 1.807) is 0 Å². The Morgan fingerprint density at radius 3 is 2.12 bits per heavy atom. The van der Waals surface area contributed by atoms with E-state index in [1.165, 1.54) is 7.05 Å². The van der Waals surface area contributed by atoms with E-state index in [0.29, 0.717) is 4.57 Å². The Hall–Kier alpha value is -2.38. The average molecular weight is 241 g/mol. The van der Waals surface area contributed by atoms with Crippen LogP contribution in [0.15, 0.2) is 9.59 Å². The number of carbonyl (C=O) groups excluding carboxylic acids is 1. The number of aromatic nitrogens is 2. The fourth-order valence-electron chi connectivity index (χ4n) is 1.35. The summed E-state index contributed by atoms with van der Waals surface area (Å²) in [6.45, 7) is 1.15. The Morgan fingerprint density at radius 1 is 1.18 bits per heavy atom. The molecule has 1 aromatic heterocycles. The molecule has 0 aliphatic heterocycles. The van der Waals surface area contributed by atoms with Gasteiger partial charge in [0.05, 0.1) is 0 Å². The van der Waals surface area contributed by atoms with Crippen LogP contribution in [0.5, 0.6) is 0 Å². The summed E-state index contributed by atoms with van der Waals surface area (Å²) >= 11 is 0. The van der Waals surface area contributed by atoms with Gasteiger partial charge in [-0.05, 0) is 0 Å². The van der Waals surface area contributed by atoms with Crippen LogP contribution in [0.3, 0.4) is 0 Å². The van der Waals surface area contributed by atoms with Crippen molar-refractivity contribution in [1.82, 2.24) is 9.13 Å². The highest BCUT2D eigenvalue weighted by Gasteiger charge is 2.21. The average Bonchev–Trinajstić information content (AvgIpc) is 2.22. The molecule has 0 fully saturated rings. The Balaban J connectivity index is 3.78. The lowest BCUT2D eigenvalue weighted by Crippen LogP contribution is -2.42. The van der Waals surface area contributed by atoms with Crippen LogP contribution in [0.4, 0.5) is 5.82 Å². The molecular weight excluding hydrogens is 230 g/mol. The minimum atomic E-state index is -1.51. The molecule has 8 heteroatoms. The van der Waals surface area contributed by atoms with E-state index in [1.807, 2.05) is 0 Å². The smallest absolute Gasteiger partial charge is 0.345 e. The standard InChI is InChI=1S/C9H11N3O5/c1-4(13)10-6-5(8(15)16)7(14)12(3)9(17)11(6)2/h1-3H3,(H,10,13)(H,15,16). The summed E-state index contributed by atoms with van der Waals surface area (Å²) < 4.78 is 1.56. The lowest BCUT2D eigenvalue weighted by Gasteiger charge is -2.12. The van der Waals surface area contributed by atoms with E-state index in [9.17, 15) is 19.2 Å². The maximum absolute atomic E-state index is 11.6. The molecule has 0 bridgehead atoms.